The van der Waals surface area contributed by atoms with Crippen LogP contribution in [0.1, 0.15) is 19.3 Å². The van der Waals surface area contributed by atoms with E-state index in [2.05, 4.69) is 52.3 Å². The third kappa shape index (κ3) is 8.11. The SMILES string of the molecule is C=N/C(C(N)=O)=C(/CCCCN1CCOCC1)SCNc1ccc2ccccc2c1.C=O. The molecule has 0 aromatic heterocycles. The first-order valence-electron chi connectivity index (χ1n) is 10.6. The lowest BCUT2D eigenvalue weighted by atomic mass is 10.1. The van der Waals surface area contributed by atoms with E-state index >= 15 is 0 Å². The molecule has 0 spiro atoms. The van der Waals surface area contributed by atoms with E-state index < -0.39 is 5.91 Å². The van der Waals surface area contributed by atoms with Crippen LogP contribution < -0.4 is 11.1 Å². The third-order valence-electron chi connectivity index (χ3n) is 5.16. The van der Waals surface area contributed by atoms with Crippen molar-refractivity contribution in [1.82, 2.24) is 4.90 Å². The summed E-state index contributed by atoms with van der Waals surface area (Å²) in [5.74, 6) is 0.107. The fraction of sp³-hybridized carbons (Fsp3) is 0.375. The molecule has 0 aliphatic carbocycles. The fourth-order valence-corrected chi connectivity index (χ4v) is 4.52. The van der Waals surface area contributed by atoms with Crippen LogP contribution in [-0.4, -0.2) is 63.0 Å². The van der Waals surface area contributed by atoms with E-state index in [1.807, 2.05) is 18.9 Å². The van der Waals surface area contributed by atoms with Crippen LogP contribution >= 0.6 is 11.8 Å². The zero-order valence-corrected chi connectivity index (χ0v) is 19.2. The molecule has 0 radical (unpaired) electrons. The van der Waals surface area contributed by atoms with Gasteiger partial charge in [0.2, 0.25) is 0 Å². The molecule has 7 nitrogen and oxygen atoms in total. The van der Waals surface area contributed by atoms with Gasteiger partial charge in [-0.05, 0) is 55.4 Å². The Morgan fingerprint density at radius 1 is 1.12 bits per heavy atom. The van der Waals surface area contributed by atoms with Gasteiger partial charge in [-0.1, -0.05) is 30.3 Å². The number of hydrogen-bond acceptors (Lipinski definition) is 7. The standard InChI is InChI=1S/C23H30N4O2S.CH2O/c1-25-22(23(24)28)21(8-4-5-11-27-12-14-29-15-13-27)30-17-26-20-10-9-18-6-2-3-7-19(18)16-20;1-2/h2-3,6-7,9-10,16,26H,1,4-5,8,11-15,17H2,(H2,24,28);1H2/b22-21-;. The predicted molar refractivity (Wildman–Crippen MR) is 134 cm³/mol. The number of anilines is 1. The summed E-state index contributed by atoms with van der Waals surface area (Å²) in [6.45, 7) is 10.2. The molecule has 0 unspecified atom stereocenters. The number of carbonyl (C=O) groups excluding carboxylic acids is 2. The van der Waals surface area contributed by atoms with E-state index in [1.165, 1.54) is 10.8 Å². The predicted octanol–water partition coefficient (Wildman–Crippen LogP) is 3.66. The molecule has 3 N–H and O–H groups in total. The van der Waals surface area contributed by atoms with Gasteiger partial charge in [0.05, 0.1) is 19.1 Å². The van der Waals surface area contributed by atoms with E-state index in [0.29, 0.717) is 5.88 Å². The first-order valence-corrected chi connectivity index (χ1v) is 11.6. The number of aliphatic imine (C=N–C) groups is 1. The second-order valence-electron chi connectivity index (χ2n) is 7.23. The topological polar surface area (TPSA) is 97.0 Å². The average Bonchev–Trinajstić information content (AvgIpc) is 2.83. The summed E-state index contributed by atoms with van der Waals surface area (Å²) >= 11 is 1.57. The third-order valence-corrected chi connectivity index (χ3v) is 6.19. The largest absolute Gasteiger partial charge is 0.379 e. The minimum atomic E-state index is -0.522. The molecule has 1 aliphatic heterocycles. The van der Waals surface area contributed by atoms with E-state index in [1.54, 1.807) is 11.8 Å². The molecule has 1 fully saturated rings. The summed E-state index contributed by atoms with van der Waals surface area (Å²) in [6, 6.07) is 14.6. The van der Waals surface area contributed by atoms with Crippen molar-refractivity contribution in [2.24, 2.45) is 10.7 Å². The van der Waals surface area contributed by atoms with Crippen molar-refractivity contribution in [3.8, 4) is 0 Å². The second kappa shape index (κ2) is 14.4. The Bertz CT molecular complexity index is 913. The molecule has 1 saturated heterocycles. The number of nitrogens with two attached hydrogens (primary N) is 1. The normalized spacial score (nSPS) is 14.8. The Morgan fingerprint density at radius 3 is 2.53 bits per heavy atom. The highest BCUT2D eigenvalue weighted by molar-refractivity contribution is 8.03. The minimum Gasteiger partial charge on any atom is -0.379 e. The molecule has 1 aliphatic rings. The number of fused-ring (bicyclic) bond motifs is 1. The number of nitrogens with one attached hydrogen (secondary N) is 1. The number of allylic oxidation sites excluding steroid dienone is 1. The highest BCUT2D eigenvalue weighted by Gasteiger charge is 2.13. The number of rotatable bonds is 11. The van der Waals surface area contributed by atoms with E-state index in [4.69, 9.17) is 15.3 Å². The summed E-state index contributed by atoms with van der Waals surface area (Å²) < 4.78 is 5.39. The van der Waals surface area contributed by atoms with Gasteiger partial charge in [-0.2, -0.15) is 0 Å². The lowest BCUT2D eigenvalue weighted by Crippen LogP contribution is -2.36. The summed E-state index contributed by atoms with van der Waals surface area (Å²) in [5, 5.41) is 5.82. The van der Waals surface area contributed by atoms with Crippen LogP contribution in [0.25, 0.3) is 10.8 Å². The first-order chi connectivity index (χ1) is 15.7. The number of primary amides is 1. The summed E-state index contributed by atoms with van der Waals surface area (Å²) in [5.41, 5.74) is 6.85. The van der Waals surface area contributed by atoms with Crippen molar-refractivity contribution in [2.45, 2.75) is 19.3 Å². The molecule has 0 bridgehead atoms. The zero-order valence-electron chi connectivity index (χ0n) is 18.4. The molecular formula is C24H32N4O3S. The van der Waals surface area contributed by atoms with Gasteiger partial charge in [0, 0.05) is 23.7 Å². The Kier molecular flexibility index (Phi) is 11.5. The van der Waals surface area contributed by atoms with E-state index in [9.17, 15) is 4.79 Å². The molecule has 8 heteroatoms. The van der Waals surface area contributed by atoms with Gasteiger partial charge in [0.1, 0.15) is 12.5 Å². The Morgan fingerprint density at radius 2 is 1.84 bits per heavy atom. The van der Waals surface area contributed by atoms with Crippen molar-refractivity contribution in [3.05, 3.63) is 53.1 Å². The summed E-state index contributed by atoms with van der Waals surface area (Å²) in [4.78, 5) is 27.0. The highest BCUT2D eigenvalue weighted by Crippen LogP contribution is 2.27. The van der Waals surface area contributed by atoms with Crippen LogP contribution in [0, 0.1) is 0 Å². The van der Waals surface area contributed by atoms with Crippen LogP contribution in [0.15, 0.2) is 58.1 Å². The van der Waals surface area contributed by atoms with Gasteiger partial charge in [-0.25, -0.2) is 0 Å². The van der Waals surface area contributed by atoms with Gasteiger partial charge >= 0.3 is 0 Å². The summed E-state index contributed by atoms with van der Waals surface area (Å²) in [6.07, 6.45) is 2.80. The average molecular weight is 457 g/mol. The van der Waals surface area contributed by atoms with E-state index in [0.717, 1.165) is 62.7 Å². The molecule has 2 aromatic carbocycles. The highest BCUT2D eigenvalue weighted by atomic mass is 32.2. The van der Waals surface area contributed by atoms with Crippen LogP contribution in [0.5, 0.6) is 0 Å². The molecule has 32 heavy (non-hydrogen) atoms. The maximum Gasteiger partial charge on any atom is 0.268 e. The van der Waals surface area contributed by atoms with Crippen molar-refractivity contribution in [3.63, 3.8) is 0 Å². The first kappa shape index (κ1) is 25.6. The molecule has 0 saturated carbocycles. The zero-order chi connectivity index (χ0) is 23.2. The molecule has 2 aromatic rings. The number of benzene rings is 2. The molecule has 0 atom stereocenters. The number of unbranched alkanes of at least 4 members (excludes halogenated alkanes) is 1. The maximum absolute atomic E-state index is 11.8. The quantitative estimate of drug-likeness (QED) is 0.232. The monoisotopic (exact) mass is 456 g/mol. The lowest BCUT2D eigenvalue weighted by Gasteiger charge is -2.26. The van der Waals surface area contributed by atoms with Crippen molar-refractivity contribution < 1.29 is 14.3 Å². The number of morpholine rings is 1. The number of carbonyl (C=O) groups is 2. The van der Waals surface area contributed by atoms with Gasteiger partial charge in [0.25, 0.3) is 5.91 Å². The van der Waals surface area contributed by atoms with Gasteiger partial charge in [0.15, 0.2) is 0 Å². The number of ether oxygens (including phenoxy) is 1. The van der Waals surface area contributed by atoms with Crippen LogP contribution in [0.4, 0.5) is 5.69 Å². The Balaban J connectivity index is 0.00000176. The number of amides is 1. The van der Waals surface area contributed by atoms with Crippen LogP contribution in [0.3, 0.4) is 0 Å². The van der Waals surface area contributed by atoms with Gasteiger partial charge in [-0.15, -0.1) is 11.8 Å². The maximum atomic E-state index is 11.8. The summed E-state index contributed by atoms with van der Waals surface area (Å²) in [7, 11) is 0. The minimum absolute atomic E-state index is 0.284. The number of hydrogen-bond donors (Lipinski definition) is 2. The molecular weight excluding hydrogens is 424 g/mol. The second-order valence-corrected chi connectivity index (χ2v) is 8.30. The molecule has 1 amide bonds. The molecule has 172 valence electrons. The van der Waals surface area contributed by atoms with Gasteiger partial charge < -0.3 is 20.6 Å². The Labute approximate surface area is 194 Å². The molecule has 1 heterocycles. The lowest BCUT2D eigenvalue weighted by molar-refractivity contribution is -0.114. The number of thioether (sulfide) groups is 1. The van der Waals surface area contributed by atoms with Crippen LogP contribution in [0.2, 0.25) is 0 Å². The smallest absolute Gasteiger partial charge is 0.268 e. The Hall–Kier alpha value is -2.68. The van der Waals surface area contributed by atoms with Crippen molar-refractivity contribution in [2.75, 3.05) is 44.0 Å². The fourth-order valence-electron chi connectivity index (χ4n) is 3.51. The molecule has 3 rings (SSSR count). The van der Waals surface area contributed by atoms with Crippen molar-refractivity contribution >= 4 is 47.6 Å². The van der Waals surface area contributed by atoms with Crippen molar-refractivity contribution in [1.29, 1.82) is 0 Å². The van der Waals surface area contributed by atoms with Crippen LogP contribution in [-0.2, 0) is 14.3 Å². The van der Waals surface area contributed by atoms with Gasteiger partial charge in [-0.3, -0.25) is 14.7 Å². The van der Waals surface area contributed by atoms with E-state index in [-0.39, 0.29) is 5.70 Å². The number of nitrogens with zero attached hydrogens (tertiary/aromatic N) is 2.